The topological polar surface area (TPSA) is 116 Å². The maximum Gasteiger partial charge on any atom is 0.296 e. The van der Waals surface area contributed by atoms with E-state index in [-0.39, 0.29) is 22.0 Å². The first-order chi connectivity index (χ1) is 14.8. The van der Waals surface area contributed by atoms with Crippen LogP contribution in [0.4, 0.5) is 15.8 Å². The van der Waals surface area contributed by atoms with Crippen molar-refractivity contribution >= 4 is 40.7 Å². The third-order valence-corrected chi connectivity index (χ3v) is 4.52. The van der Waals surface area contributed by atoms with Gasteiger partial charge in [-0.1, -0.05) is 11.6 Å². The third-order valence-electron chi connectivity index (χ3n) is 4.20. The Balaban J connectivity index is 1.67. The highest BCUT2D eigenvalue weighted by atomic mass is 35.5. The van der Waals surface area contributed by atoms with Crippen LogP contribution in [0.5, 0.6) is 0 Å². The van der Waals surface area contributed by atoms with Crippen molar-refractivity contribution < 1.29 is 23.6 Å². The fourth-order valence-corrected chi connectivity index (χ4v) is 2.82. The number of aromatic nitrogens is 2. The number of imidazole rings is 1. The second-order valence-electron chi connectivity index (χ2n) is 6.22. The molecule has 3 aromatic rings. The Labute approximate surface area is 181 Å². The van der Waals surface area contributed by atoms with Crippen LogP contribution in [0.3, 0.4) is 0 Å². The van der Waals surface area contributed by atoms with Crippen molar-refractivity contribution in [3.63, 3.8) is 0 Å². The Morgan fingerprint density at radius 1 is 1.06 bits per heavy atom. The van der Waals surface area contributed by atoms with Crippen LogP contribution in [-0.2, 0) is 4.84 Å². The largest absolute Gasteiger partial charge is 0.340 e. The first kappa shape index (κ1) is 21.9. The quantitative estimate of drug-likeness (QED) is 0.503. The lowest BCUT2D eigenvalue weighted by molar-refractivity contribution is -0.0760. The first-order valence-corrected chi connectivity index (χ1v) is 9.21. The lowest BCUT2D eigenvalue weighted by Gasteiger charge is -2.13. The average Bonchev–Trinajstić information content (AvgIpc) is 3.24. The van der Waals surface area contributed by atoms with Crippen LogP contribution in [0.1, 0.15) is 31.3 Å². The van der Waals surface area contributed by atoms with Crippen LogP contribution in [-0.4, -0.2) is 46.9 Å². The summed E-state index contributed by atoms with van der Waals surface area (Å²) in [5, 5.41) is 6.19. The molecule has 9 nitrogen and oxygen atoms in total. The standard InChI is InChI=1S/C20H17ClFN5O4/c1-27(31-2)20(30)17-16(23-10-24-17)19(29)26-13-6-4-12(5-7-13)25-18(28)14-8-3-11(22)9-15(14)21/h3-10H,1-2H3,(H,23,24)(H,25,28)(H,26,29). The SMILES string of the molecule is CON(C)C(=O)c1[nH]cnc1C(=O)Nc1ccc(NC(=O)c2ccc(F)cc2Cl)cc1. The van der Waals surface area contributed by atoms with E-state index in [1.807, 2.05) is 0 Å². The number of H-pyrrole nitrogens is 1. The Morgan fingerprint density at radius 2 is 1.68 bits per heavy atom. The molecule has 0 aliphatic carbocycles. The number of benzene rings is 2. The maximum absolute atomic E-state index is 13.1. The van der Waals surface area contributed by atoms with E-state index in [1.165, 1.54) is 26.6 Å². The second-order valence-corrected chi connectivity index (χ2v) is 6.63. The van der Waals surface area contributed by atoms with Gasteiger partial charge in [-0.15, -0.1) is 0 Å². The summed E-state index contributed by atoms with van der Waals surface area (Å²) in [5.74, 6) is -2.23. The lowest BCUT2D eigenvalue weighted by Crippen LogP contribution is -2.28. The molecule has 0 spiro atoms. The molecule has 3 N–H and O–H groups in total. The zero-order valence-electron chi connectivity index (χ0n) is 16.4. The van der Waals surface area contributed by atoms with Gasteiger partial charge < -0.3 is 15.6 Å². The first-order valence-electron chi connectivity index (χ1n) is 8.83. The van der Waals surface area contributed by atoms with Crippen molar-refractivity contribution in [3.8, 4) is 0 Å². The van der Waals surface area contributed by atoms with Gasteiger partial charge in [0.1, 0.15) is 11.5 Å². The van der Waals surface area contributed by atoms with Gasteiger partial charge >= 0.3 is 0 Å². The smallest absolute Gasteiger partial charge is 0.296 e. The number of nitrogens with one attached hydrogen (secondary N) is 3. The van der Waals surface area contributed by atoms with E-state index in [0.29, 0.717) is 11.4 Å². The predicted octanol–water partition coefficient (Wildman–Crippen LogP) is 3.34. The molecule has 0 saturated heterocycles. The van der Waals surface area contributed by atoms with Crippen molar-refractivity contribution in [2.75, 3.05) is 24.8 Å². The summed E-state index contributed by atoms with van der Waals surface area (Å²) in [5.41, 5.74) is 0.835. The van der Waals surface area contributed by atoms with Gasteiger partial charge in [-0.05, 0) is 42.5 Å². The molecule has 3 amide bonds. The van der Waals surface area contributed by atoms with Gasteiger partial charge in [0.15, 0.2) is 5.69 Å². The number of amides is 3. The summed E-state index contributed by atoms with van der Waals surface area (Å²) in [4.78, 5) is 48.3. The van der Waals surface area contributed by atoms with E-state index < -0.39 is 23.5 Å². The van der Waals surface area contributed by atoms with Crippen molar-refractivity contribution in [2.24, 2.45) is 0 Å². The van der Waals surface area contributed by atoms with E-state index in [2.05, 4.69) is 20.6 Å². The van der Waals surface area contributed by atoms with Crippen molar-refractivity contribution in [3.05, 3.63) is 76.6 Å². The molecule has 3 rings (SSSR count). The highest BCUT2D eigenvalue weighted by Gasteiger charge is 2.23. The summed E-state index contributed by atoms with van der Waals surface area (Å²) in [7, 11) is 2.72. The van der Waals surface area contributed by atoms with Gasteiger partial charge in [0.05, 0.1) is 24.0 Å². The highest BCUT2D eigenvalue weighted by molar-refractivity contribution is 6.34. The highest BCUT2D eigenvalue weighted by Crippen LogP contribution is 2.20. The normalized spacial score (nSPS) is 10.5. The number of carbonyl (C=O) groups is 3. The van der Waals surface area contributed by atoms with Gasteiger partial charge in [-0.2, -0.15) is 0 Å². The zero-order valence-corrected chi connectivity index (χ0v) is 17.2. The van der Waals surface area contributed by atoms with Gasteiger partial charge in [0.25, 0.3) is 17.7 Å². The van der Waals surface area contributed by atoms with E-state index in [4.69, 9.17) is 16.4 Å². The number of nitrogens with zero attached hydrogens (tertiary/aromatic N) is 2. The van der Waals surface area contributed by atoms with E-state index >= 15 is 0 Å². The Morgan fingerprint density at radius 3 is 2.26 bits per heavy atom. The number of hydrogen-bond donors (Lipinski definition) is 3. The fraction of sp³-hybridized carbons (Fsp3) is 0.100. The summed E-state index contributed by atoms with van der Waals surface area (Å²) in [6.45, 7) is 0. The maximum atomic E-state index is 13.1. The van der Waals surface area contributed by atoms with Crippen LogP contribution in [0.15, 0.2) is 48.8 Å². The molecule has 160 valence electrons. The number of hydroxylamine groups is 2. The molecule has 0 fully saturated rings. The minimum atomic E-state index is -0.607. The lowest BCUT2D eigenvalue weighted by atomic mass is 10.2. The molecule has 0 aliphatic heterocycles. The van der Waals surface area contributed by atoms with E-state index in [1.54, 1.807) is 24.3 Å². The molecule has 0 saturated carbocycles. The fourth-order valence-electron chi connectivity index (χ4n) is 2.57. The van der Waals surface area contributed by atoms with E-state index in [0.717, 1.165) is 17.2 Å². The number of carbonyl (C=O) groups excluding carboxylic acids is 3. The number of aromatic amines is 1. The molecule has 0 atom stereocenters. The molecule has 1 heterocycles. The summed E-state index contributed by atoms with van der Waals surface area (Å²) < 4.78 is 13.1. The Bertz CT molecular complexity index is 1130. The van der Waals surface area contributed by atoms with E-state index in [9.17, 15) is 18.8 Å². The second kappa shape index (κ2) is 9.37. The number of anilines is 2. The molecule has 11 heteroatoms. The monoisotopic (exact) mass is 445 g/mol. The molecule has 0 aliphatic rings. The van der Waals surface area contributed by atoms with Gasteiger partial charge in [-0.25, -0.2) is 14.4 Å². The summed E-state index contributed by atoms with van der Waals surface area (Å²) >= 11 is 5.89. The van der Waals surface area contributed by atoms with Crippen LogP contribution in [0.2, 0.25) is 5.02 Å². The molecule has 1 aromatic heterocycles. The molecular formula is C20H17ClFN5O4. The van der Waals surface area contributed by atoms with Crippen LogP contribution in [0, 0.1) is 5.82 Å². The number of halogens is 2. The number of rotatable bonds is 6. The predicted molar refractivity (Wildman–Crippen MR) is 111 cm³/mol. The third kappa shape index (κ3) is 5.05. The van der Waals surface area contributed by atoms with Gasteiger partial charge in [0.2, 0.25) is 0 Å². The van der Waals surface area contributed by atoms with Crippen molar-refractivity contribution in [2.45, 2.75) is 0 Å². The molecule has 2 aromatic carbocycles. The summed E-state index contributed by atoms with van der Waals surface area (Å²) in [6, 6.07) is 9.68. The number of hydrogen-bond acceptors (Lipinski definition) is 5. The zero-order chi connectivity index (χ0) is 22.5. The minimum absolute atomic E-state index is 0.00939. The average molecular weight is 446 g/mol. The van der Waals surface area contributed by atoms with Crippen LogP contribution >= 0.6 is 11.6 Å². The van der Waals surface area contributed by atoms with Gasteiger partial charge in [-0.3, -0.25) is 19.2 Å². The van der Waals surface area contributed by atoms with Crippen LogP contribution < -0.4 is 10.6 Å². The molecule has 0 radical (unpaired) electrons. The van der Waals surface area contributed by atoms with Crippen LogP contribution in [0.25, 0.3) is 0 Å². The minimum Gasteiger partial charge on any atom is -0.340 e. The molecule has 31 heavy (non-hydrogen) atoms. The van der Waals surface area contributed by atoms with Crippen molar-refractivity contribution in [1.82, 2.24) is 15.0 Å². The molecule has 0 bridgehead atoms. The Hall–Kier alpha value is -3.76. The Kier molecular flexibility index (Phi) is 6.63. The molecular weight excluding hydrogens is 429 g/mol. The van der Waals surface area contributed by atoms with Crippen molar-refractivity contribution in [1.29, 1.82) is 0 Å². The van der Waals surface area contributed by atoms with Gasteiger partial charge in [0, 0.05) is 18.4 Å². The summed E-state index contributed by atoms with van der Waals surface area (Å²) in [6.07, 6.45) is 1.23. The molecule has 0 unspecified atom stereocenters.